The van der Waals surface area contributed by atoms with Gasteiger partial charge >= 0.3 is 0 Å². The molecule has 1 aromatic carbocycles. The van der Waals surface area contributed by atoms with Crippen molar-refractivity contribution in [1.29, 1.82) is 0 Å². The fraction of sp³-hybridized carbons (Fsp3) is 0.167. The topological polar surface area (TPSA) is 63.1 Å². The zero-order valence-electron chi connectivity index (χ0n) is 10.5. The minimum absolute atomic E-state index is 0.624. The number of hydrogen-bond donors (Lipinski definition) is 1. The van der Waals surface area contributed by atoms with Crippen molar-refractivity contribution in [3.05, 3.63) is 41.2 Å². The quantitative estimate of drug-likeness (QED) is 0.533. The van der Waals surface area contributed by atoms with Crippen LogP contribution in [0.2, 0.25) is 5.02 Å². The van der Waals surface area contributed by atoms with Crippen LogP contribution in [0.4, 0.5) is 5.69 Å². The van der Waals surface area contributed by atoms with E-state index in [2.05, 4.69) is 25.7 Å². The van der Waals surface area contributed by atoms with Gasteiger partial charge in [0.1, 0.15) is 5.69 Å². The number of aromatic nitrogens is 3. The third-order valence-electron chi connectivity index (χ3n) is 2.29. The van der Waals surface area contributed by atoms with Crippen LogP contribution in [0.5, 0.6) is 0 Å². The molecule has 0 aliphatic rings. The van der Waals surface area contributed by atoms with E-state index < -0.39 is 0 Å². The molecule has 2 rings (SSSR count). The van der Waals surface area contributed by atoms with Gasteiger partial charge in [0.2, 0.25) is 5.16 Å². The van der Waals surface area contributed by atoms with Crippen molar-refractivity contribution in [3.8, 4) is 0 Å². The van der Waals surface area contributed by atoms with Crippen LogP contribution in [0.3, 0.4) is 0 Å². The molecule has 0 saturated carbocycles. The van der Waals surface area contributed by atoms with Crippen molar-refractivity contribution >= 4 is 34.8 Å². The summed E-state index contributed by atoms with van der Waals surface area (Å²) in [5.74, 6) is 0. The highest BCUT2D eigenvalue weighted by Crippen LogP contribution is 2.13. The zero-order valence-corrected chi connectivity index (χ0v) is 12.0. The lowest BCUT2D eigenvalue weighted by Crippen LogP contribution is -2.05. The average Bonchev–Trinajstić information content (AvgIpc) is 2.46. The predicted octanol–water partition coefficient (Wildman–Crippen LogP) is 3.08. The van der Waals surface area contributed by atoms with Crippen molar-refractivity contribution < 1.29 is 0 Å². The Labute approximate surface area is 120 Å². The Kier molecular flexibility index (Phi) is 4.70. The number of nitrogens with zero attached hydrogens (tertiary/aromatic N) is 4. The van der Waals surface area contributed by atoms with Crippen LogP contribution >= 0.6 is 23.4 Å². The van der Waals surface area contributed by atoms with Gasteiger partial charge in [0.15, 0.2) is 0 Å². The maximum absolute atomic E-state index is 5.81. The second-order valence-electron chi connectivity index (χ2n) is 3.64. The minimum atomic E-state index is 0.624. The van der Waals surface area contributed by atoms with Crippen molar-refractivity contribution in [3.63, 3.8) is 0 Å². The molecule has 0 aliphatic heterocycles. The van der Waals surface area contributed by atoms with Gasteiger partial charge in [-0.25, -0.2) is 4.98 Å². The normalized spacial score (nSPS) is 11.4. The molecule has 2 aromatic rings. The molecular formula is C12H12ClN5S. The van der Waals surface area contributed by atoms with Gasteiger partial charge in [-0.2, -0.15) is 10.2 Å². The van der Waals surface area contributed by atoms with E-state index in [-0.39, 0.29) is 0 Å². The molecule has 0 aliphatic carbocycles. The Balaban J connectivity index is 2.11. The van der Waals surface area contributed by atoms with E-state index in [1.807, 2.05) is 25.3 Å². The average molecular weight is 294 g/mol. The standard InChI is InChI=1S/C12H12ClN5S/c1-8(11-7-14-18-12(15-11)19-2)16-17-10-5-3-9(13)4-6-10/h3-7,17H,1-2H3/b16-8-. The first-order valence-electron chi connectivity index (χ1n) is 5.49. The predicted molar refractivity (Wildman–Crippen MR) is 78.9 cm³/mol. The lowest BCUT2D eigenvalue weighted by molar-refractivity contribution is 0.833. The number of benzene rings is 1. The molecule has 0 amide bonds. The molecule has 1 aromatic heterocycles. The summed E-state index contributed by atoms with van der Waals surface area (Å²) in [6, 6.07) is 7.30. The minimum Gasteiger partial charge on any atom is -0.278 e. The monoisotopic (exact) mass is 293 g/mol. The molecule has 0 bridgehead atoms. The lowest BCUT2D eigenvalue weighted by atomic mass is 10.3. The largest absolute Gasteiger partial charge is 0.278 e. The number of anilines is 1. The van der Waals surface area contributed by atoms with Crippen molar-refractivity contribution in [1.82, 2.24) is 15.2 Å². The molecule has 0 saturated heterocycles. The van der Waals surface area contributed by atoms with Crippen LogP contribution in [0.15, 0.2) is 40.7 Å². The molecule has 0 radical (unpaired) electrons. The van der Waals surface area contributed by atoms with Gasteiger partial charge < -0.3 is 0 Å². The highest BCUT2D eigenvalue weighted by Gasteiger charge is 2.02. The lowest BCUT2D eigenvalue weighted by Gasteiger charge is -2.03. The summed E-state index contributed by atoms with van der Waals surface area (Å²) in [5.41, 5.74) is 5.23. The van der Waals surface area contributed by atoms with Crippen molar-refractivity contribution in [2.75, 3.05) is 11.7 Å². The molecule has 0 atom stereocenters. The number of halogens is 1. The second kappa shape index (κ2) is 6.49. The van der Waals surface area contributed by atoms with Gasteiger partial charge in [-0.3, -0.25) is 5.43 Å². The van der Waals surface area contributed by atoms with Gasteiger partial charge in [-0.15, -0.1) is 5.10 Å². The Hall–Kier alpha value is -1.66. The first kappa shape index (κ1) is 13.8. The third-order valence-corrected chi connectivity index (χ3v) is 3.08. The third kappa shape index (κ3) is 3.90. The summed E-state index contributed by atoms with van der Waals surface area (Å²) in [4.78, 5) is 4.32. The summed E-state index contributed by atoms with van der Waals surface area (Å²) in [6.45, 7) is 1.86. The molecule has 0 spiro atoms. The van der Waals surface area contributed by atoms with Crippen LogP contribution in [0.1, 0.15) is 12.6 Å². The maximum atomic E-state index is 5.81. The van der Waals surface area contributed by atoms with E-state index in [0.29, 0.717) is 15.9 Å². The molecule has 0 fully saturated rings. The Morgan fingerprint density at radius 1 is 1.32 bits per heavy atom. The Morgan fingerprint density at radius 3 is 2.74 bits per heavy atom. The van der Waals surface area contributed by atoms with Gasteiger partial charge in [-0.1, -0.05) is 23.4 Å². The number of rotatable bonds is 4. The van der Waals surface area contributed by atoms with Crippen LogP contribution < -0.4 is 5.43 Å². The molecular weight excluding hydrogens is 282 g/mol. The van der Waals surface area contributed by atoms with E-state index >= 15 is 0 Å². The van der Waals surface area contributed by atoms with E-state index in [4.69, 9.17) is 11.6 Å². The van der Waals surface area contributed by atoms with Crippen molar-refractivity contribution in [2.24, 2.45) is 5.10 Å². The van der Waals surface area contributed by atoms with E-state index in [1.54, 1.807) is 18.3 Å². The number of hydrazone groups is 1. The van der Waals surface area contributed by atoms with Gasteiger partial charge in [-0.05, 0) is 37.4 Å². The van der Waals surface area contributed by atoms with Crippen LogP contribution in [0, 0.1) is 0 Å². The van der Waals surface area contributed by atoms with Crippen LogP contribution in [-0.2, 0) is 0 Å². The van der Waals surface area contributed by atoms with Crippen molar-refractivity contribution in [2.45, 2.75) is 12.1 Å². The molecule has 0 unspecified atom stereocenters. The van der Waals surface area contributed by atoms with Gasteiger partial charge in [0.25, 0.3) is 0 Å². The Bertz CT molecular complexity index is 585. The SMILES string of the molecule is CSc1nncc(/C(C)=N\Nc2ccc(Cl)cc2)n1. The summed E-state index contributed by atoms with van der Waals surface area (Å²) in [7, 11) is 0. The molecule has 98 valence electrons. The number of hydrogen-bond acceptors (Lipinski definition) is 6. The fourth-order valence-corrected chi connectivity index (χ4v) is 1.72. The first-order valence-corrected chi connectivity index (χ1v) is 7.09. The summed E-state index contributed by atoms with van der Waals surface area (Å²) in [5, 5.41) is 13.3. The smallest absolute Gasteiger partial charge is 0.209 e. The van der Waals surface area contributed by atoms with Crippen LogP contribution in [-0.4, -0.2) is 27.1 Å². The van der Waals surface area contributed by atoms with E-state index in [0.717, 1.165) is 11.4 Å². The summed E-state index contributed by atoms with van der Waals surface area (Å²) >= 11 is 7.25. The Morgan fingerprint density at radius 2 is 2.05 bits per heavy atom. The van der Waals surface area contributed by atoms with Crippen LogP contribution in [0.25, 0.3) is 0 Å². The summed E-state index contributed by atoms with van der Waals surface area (Å²) < 4.78 is 0. The molecule has 19 heavy (non-hydrogen) atoms. The highest BCUT2D eigenvalue weighted by molar-refractivity contribution is 7.98. The van der Waals surface area contributed by atoms with E-state index in [1.165, 1.54) is 11.8 Å². The molecule has 1 N–H and O–H groups in total. The molecule has 7 heteroatoms. The zero-order chi connectivity index (χ0) is 13.7. The molecule has 1 heterocycles. The second-order valence-corrected chi connectivity index (χ2v) is 4.85. The molecule has 5 nitrogen and oxygen atoms in total. The van der Waals surface area contributed by atoms with Gasteiger partial charge in [0, 0.05) is 5.02 Å². The van der Waals surface area contributed by atoms with Gasteiger partial charge in [0.05, 0.1) is 17.6 Å². The van der Waals surface area contributed by atoms with E-state index in [9.17, 15) is 0 Å². The fourth-order valence-electron chi connectivity index (χ4n) is 1.28. The first-order chi connectivity index (χ1) is 9.19. The summed E-state index contributed by atoms with van der Waals surface area (Å²) in [6.07, 6.45) is 3.49. The highest BCUT2D eigenvalue weighted by atomic mass is 35.5. The maximum Gasteiger partial charge on any atom is 0.209 e. The number of thioether (sulfide) groups is 1. The number of nitrogens with one attached hydrogen (secondary N) is 1.